The molecule has 4 aromatic rings. The Morgan fingerprint density at radius 2 is 1.66 bits per heavy atom. The average Bonchev–Trinajstić information content (AvgIpc) is 3.24. The van der Waals surface area contributed by atoms with Crippen molar-refractivity contribution in [3.63, 3.8) is 0 Å². The van der Waals surface area contributed by atoms with Gasteiger partial charge in [-0.3, -0.25) is 0 Å². The highest BCUT2D eigenvalue weighted by atomic mass is 32.9. The fourth-order valence-corrected chi connectivity index (χ4v) is 6.76. The molecule has 0 atom stereocenters. The zero-order chi connectivity index (χ0) is 22.1. The number of hydrogen-bond acceptors (Lipinski definition) is 6. The molecule has 0 fully saturated rings. The van der Waals surface area contributed by atoms with Crippen LogP contribution in [-0.4, -0.2) is 7.11 Å². The lowest BCUT2D eigenvalue weighted by molar-refractivity contribution is 0.306. The van der Waals surface area contributed by atoms with Gasteiger partial charge in [0, 0.05) is 16.8 Å². The molecular weight excluding hydrogens is 436 g/mol. The van der Waals surface area contributed by atoms with E-state index in [9.17, 15) is 0 Å². The number of nitrogens with one attached hydrogen (secondary N) is 1. The van der Waals surface area contributed by atoms with Gasteiger partial charge in [-0.05, 0) is 61.9 Å². The average molecular weight is 461 g/mol. The molecule has 5 rings (SSSR count). The van der Waals surface area contributed by atoms with Crippen LogP contribution in [0.3, 0.4) is 0 Å². The minimum absolute atomic E-state index is 0.152. The van der Waals surface area contributed by atoms with E-state index in [4.69, 9.17) is 14.5 Å². The van der Waals surface area contributed by atoms with Crippen molar-refractivity contribution in [2.24, 2.45) is 4.99 Å². The second-order valence-corrected chi connectivity index (χ2v) is 10.3. The minimum Gasteiger partial charge on any atom is -0.497 e. The van der Waals surface area contributed by atoms with Crippen LogP contribution in [0.1, 0.15) is 24.3 Å². The van der Waals surface area contributed by atoms with E-state index in [1.165, 1.54) is 10.4 Å². The zero-order valence-electron chi connectivity index (χ0n) is 18.2. The Labute approximate surface area is 195 Å². The first-order valence-corrected chi connectivity index (χ1v) is 12.6. The highest BCUT2D eigenvalue weighted by Gasteiger charge is 2.33. The van der Waals surface area contributed by atoms with Gasteiger partial charge in [0.05, 0.1) is 23.2 Å². The first-order valence-electron chi connectivity index (χ1n) is 10.5. The summed E-state index contributed by atoms with van der Waals surface area (Å²) in [6, 6.07) is 24.3. The molecule has 0 unspecified atom stereocenters. The summed E-state index contributed by atoms with van der Waals surface area (Å²) in [5.41, 5.74) is 5.35. The molecule has 1 N–H and O–H groups in total. The van der Waals surface area contributed by atoms with Crippen LogP contribution in [0.25, 0.3) is 11.1 Å². The Morgan fingerprint density at radius 3 is 2.41 bits per heavy atom. The number of hydrogen-bond donors (Lipinski definition) is 1. The Hall–Kier alpha value is -3.09. The third-order valence-corrected chi connectivity index (χ3v) is 8.11. The summed E-state index contributed by atoms with van der Waals surface area (Å²) in [6.45, 7) is 4.98. The summed E-state index contributed by atoms with van der Waals surface area (Å²) in [5, 5.41) is 3.66. The minimum atomic E-state index is -0.152. The van der Waals surface area contributed by atoms with Crippen molar-refractivity contribution in [2.45, 2.75) is 26.0 Å². The van der Waals surface area contributed by atoms with Crippen LogP contribution >= 0.6 is 20.7 Å². The standard InChI is InChI=1S/C26H24N2O2S2/c1-26(2)24-23(21-15-20(29-3)13-14-22(21)28-26)25(32-31-24)27-18-9-11-19(12-10-18)30-16-17-7-5-4-6-8-17/h4-15,28H,16H2,1-3H3. The summed E-state index contributed by atoms with van der Waals surface area (Å²) < 4.78 is 12.4. The van der Waals surface area contributed by atoms with Gasteiger partial charge in [0.15, 0.2) is 0 Å². The monoisotopic (exact) mass is 460 g/mol. The molecule has 4 nitrogen and oxygen atoms in total. The van der Waals surface area contributed by atoms with E-state index in [0.717, 1.165) is 38.7 Å². The van der Waals surface area contributed by atoms with Crippen LogP contribution in [-0.2, 0) is 12.1 Å². The lowest BCUT2D eigenvalue weighted by Crippen LogP contribution is -2.31. The van der Waals surface area contributed by atoms with Crippen molar-refractivity contribution >= 4 is 32.1 Å². The van der Waals surface area contributed by atoms with Crippen LogP contribution in [0.2, 0.25) is 0 Å². The number of benzene rings is 3. The van der Waals surface area contributed by atoms with Gasteiger partial charge in [-0.1, -0.05) is 51.0 Å². The van der Waals surface area contributed by atoms with Crippen molar-refractivity contribution in [3.05, 3.63) is 87.9 Å². The first-order chi connectivity index (χ1) is 15.5. The molecule has 0 saturated heterocycles. The number of rotatable bonds is 5. The van der Waals surface area contributed by atoms with Crippen molar-refractivity contribution in [1.82, 2.24) is 0 Å². The SMILES string of the molecule is COc1ccc2c(c1)-c1c(ssc1=Nc1ccc(OCc3ccccc3)cc1)C(C)(C)N2. The van der Waals surface area contributed by atoms with Gasteiger partial charge in [0.25, 0.3) is 0 Å². The summed E-state index contributed by atoms with van der Waals surface area (Å²) in [5.74, 6) is 1.68. The molecule has 3 aromatic carbocycles. The topological polar surface area (TPSA) is 42.9 Å². The maximum atomic E-state index is 5.91. The third kappa shape index (κ3) is 4.04. The number of fused-ring (bicyclic) bond motifs is 3. The molecule has 0 amide bonds. The molecule has 0 bridgehead atoms. The number of anilines is 1. The number of nitrogens with zero attached hydrogens (tertiary/aromatic N) is 1. The van der Waals surface area contributed by atoms with Crippen molar-refractivity contribution < 1.29 is 9.47 Å². The third-order valence-electron chi connectivity index (χ3n) is 5.47. The molecule has 32 heavy (non-hydrogen) atoms. The van der Waals surface area contributed by atoms with Crippen LogP contribution in [0.4, 0.5) is 11.4 Å². The Kier molecular flexibility index (Phi) is 5.49. The van der Waals surface area contributed by atoms with Crippen LogP contribution in [0, 0.1) is 0 Å². The van der Waals surface area contributed by atoms with Gasteiger partial charge in [0.1, 0.15) is 22.8 Å². The Bertz CT molecular complexity index is 1310. The quantitative estimate of drug-likeness (QED) is 0.328. The van der Waals surface area contributed by atoms with Gasteiger partial charge in [-0.15, -0.1) is 0 Å². The largest absolute Gasteiger partial charge is 0.497 e. The molecule has 0 aliphatic carbocycles. The van der Waals surface area contributed by atoms with E-state index < -0.39 is 0 Å². The molecule has 0 spiro atoms. The second kappa shape index (κ2) is 8.45. The molecule has 1 aromatic heterocycles. The van der Waals surface area contributed by atoms with E-state index in [1.54, 1.807) is 27.8 Å². The van der Waals surface area contributed by atoms with Crippen LogP contribution < -0.4 is 19.5 Å². The van der Waals surface area contributed by atoms with Crippen molar-refractivity contribution in [3.8, 4) is 22.6 Å². The second-order valence-electron chi connectivity index (χ2n) is 8.22. The van der Waals surface area contributed by atoms with E-state index in [0.29, 0.717) is 6.61 Å². The Balaban J connectivity index is 1.47. The van der Waals surface area contributed by atoms with Crippen molar-refractivity contribution in [1.29, 1.82) is 0 Å². The molecule has 0 saturated carbocycles. The fraction of sp³-hybridized carbons (Fsp3) is 0.192. The lowest BCUT2D eigenvalue weighted by atomic mass is 9.90. The first kappa shape index (κ1) is 20.8. The molecule has 162 valence electrons. The summed E-state index contributed by atoms with van der Waals surface area (Å²) in [7, 11) is 5.20. The number of methoxy groups -OCH3 is 1. The van der Waals surface area contributed by atoms with E-state index in [1.807, 2.05) is 48.5 Å². The number of ether oxygens (including phenoxy) is 2. The molecule has 2 heterocycles. The molecule has 0 radical (unpaired) electrons. The smallest absolute Gasteiger partial charge is 0.135 e. The molecule has 6 heteroatoms. The normalized spacial score (nSPS) is 14.3. The van der Waals surface area contributed by atoms with Gasteiger partial charge in [-0.2, -0.15) is 0 Å². The highest BCUT2D eigenvalue weighted by molar-refractivity contribution is 7.68. The van der Waals surface area contributed by atoms with Gasteiger partial charge in [0.2, 0.25) is 0 Å². The lowest BCUT2D eigenvalue weighted by Gasteiger charge is -2.33. The van der Waals surface area contributed by atoms with E-state index in [2.05, 4.69) is 43.4 Å². The maximum absolute atomic E-state index is 5.91. The molecule has 1 aliphatic heterocycles. The summed E-state index contributed by atoms with van der Waals surface area (Å²) in [4.78, 5) is 6.29. The van der Waals surface area contributed by atoms with E-state index >= 15 is 0 Å². The molecular formula is C26H24N2O2S2. The van der Waals surface area contributed by atoms with Crippen LogP contribution in [0.15, 0.2) is 77.8 Å². The fourth-order valence-electron chi connectivity index (χ4n) is 3.82. The summed E-state index contributed by atoms with van der Waals surface area (Å²) >= 11 is 0. The van der Waals surface area contributed by atoms with Crippen LogP contribution in [0.5, 0.6) is 11.5 Å². The zero-order valence-corrected chi connectivity index (χ0v) is 19.8. The predicted octanol–water partition coefficient (Wildman–Crippen LogP) is 6.96. The van der Waals surface area contributed by atoms with E-state index in [-0.39, 0.29) is 5.54 Å². The van der Waals surface area contributed by atoms with Gasteiger partial charge >= 0.3 is 0 Å². The van der Waals surface area contributed by atoms with Crippen molar-refractivity contribution in [2.75, 3.05) is 12.4 Å². The van der Waals surface area contributed by atoms with Gasteiger partial charge < -0.3 is 14.8 Å². The van der Waals surface area contributed by atoms with Gasteiger partial charge in [-0.25, -0.2) is 4.99 Å². The maximum Gasteiger partial charge on any atom is 0.135 e. The molecule has 1 aliphatic rings. The highest BCUT2D eigenvalue weighted by Crippen LogP contribution is 2.46. The predicted molar refractivity (Wildman–Crippen MR) is 133 cm³/mol. The summed E-state index contributed by atoms with van der Waals surface area (Å²) in [6.07, 6.45) is 0. The Morgan fingerprint density at radius 1 is 0.906 bits per heavy atom.